The Hall–Kier alpha value is -2.10. The molecule has 1 spiro atoms. The van der Waals surface area contributed by atoms with E-state index in [0.29, 0.717) is 12.8 Å². The number of imide groups is 1. The molecule has 7 nitrogen and oxygen atoms in total. The minimum Gasteiger partial charge on any atom is -0.354 e. The molecule has 108 valence electrons. The molecule has 1 saturated carbocycles. The number of carbonyl (C=O) groups is 3. The summed E-state index contributed by atoms with van der Waals surface area (Å²) >= 11 is 0. The van der Waals surface area contributed by atoms with Crippen LogP contribution in [-0.4, -0.2) is 41.4 Å². The van der Waals surface area contributed by atoms with E-state index in [-0.39, 0.29) is 31.3 Å². The van der Waals surface area contributed by atoms with Gasteiger partial charge in [-0.2, -0.15) is 5.26 Å². The summed E-state index contributed by atoms with van der Waals surface area (Å²) in [4.78, 5) is 37.1. The van der Waals surface area contributed by atoms with E-state index in [1.807, 2.05) is 6.07 Å². The van der Waals surface area contributed by atoms with E-state index in [0.717, 1.165) is 19.3 Å². The molecule has 7 heteroatoms. The van der Waals surface area contributed by atoms with Crippen molar-refractivity contribution in [2.24, 2.45) is 0 Å². The smallest absolute Gasteiger partial charge is 0.325 e. The summed E-state index contributed by atoms with van der Waals surface area (Å²) < 4.78 is 0. The third-order valence-electron chi connectivity index (χ3n) is 3.95. The lowest BCUT2D eigenvalue weighted by molar-refractivity contribution is -0.130. The van der Waals surface area contributed by atoms with Crippen LogP contribution < -0.4 is 10.6 Å². The zero-order chi connectivity index (χ0) is 14.6. The van der Waals surface area contributed by atoms with Crippen molar-refractivity contribution >= 4 is 17.8 Å². The van der Waals surface area contributed by atoms with Crippen LogP contribution in [0.2, 0.25) is 0 Å². The van der Waals surface area contributed by atoms with E-state index in [2.05, 4.69) is 10.6 Å². The van der Waals surface area contributed by atoms with Crippen molar-refractivity contribution in [3.63, 3.8) is 0 Å². The molecule has 0 unspecified atom stereocenters. The Morgan fingerprint density at radius 2 is 2.05 bits per heavy atom. The van der Waals surface area contributed by atoms with Crippen molar-refractivity contribution < 1.29 is 14.4 Å². The summed E-state index contributed by atoms with van der Waals surface area (Å²) in [6.45, 7) is 0.120. The Morgan fingerprint density at radius 3 is 2.70 bits per heavy atom. The molecule has 1 aliphatic carbocycles. The molecule has 1 saturated heterocycles. The standard InChI is InChI=1S/C13H18N4O3/c14-7-4-8-15-10(18)9-17-12(20)16-11(19)13(17)5-2-1-3-6-13/h1-6,8-9H2,(H,15,18)(H,16,19,20). The maximum Gasteiger partial charge on any atom is 0.325 e. The van der Waals surface area contributed by atoms with Gasteiger partial charge in [-0.05, 0) is 12.8 Å². The zero-order valence-electron chi connectivity index (χ0n) is 11.3. The van der Waals surface area contributed by atoms with Gasteiger partial charge in [0.05, 0.1) is 12.5 Å². The van der Waals surface area contributed by atoms with E-state index >= 15 is 0 Å². The molecule has 0 aromatic rings. The van der Waals surface area contributed by atoms with E-state index < -0.39 is 11.6 Å². The van der Waals surface area contributed by atoms with E-state index in [1.165, 1.54) is 4.90 Å². The molecule has 1 heterocycles. The Balaban J connectivity index is 2.04. The van der Waals surface area contributed by atoms with Crippen LogP contribution >= 0.6 is 0 Å². The summed E-state index contributed by atoms with van der Waals surface area (Å²) in [6.07, 6.45) is 4.25. The van der Waals surface area contributed by atoms with Gasteiger partial charge in [0, 0.05) is 6.54 Å². The molecule has 2 aliphatic rings. The van der Waals surface area contributed by atoms with Crippen molar-refractivity contribution in [1.82, 2.24) is 15.5 Å². The van der Waals surface area contributed by atoms with E-state index in [1.54, 1.807) is 0 Å². The van der Waals surface area contributed by atoms with Gasteiger partial charge in [-0.15, -0.1) is 0 Å². The second-order valence-corrected chi connectivity index (χ2v) is 5.20. The van der Waals surface area contributed by atoms with Crippen molar-refractivity contribution in [3.05, 3.63) is 0 Å². The van der Waals surface area contributed by atoms with Crippen LogP contribution in [-0.2, 0) is 9.59 Å². The molecule has 0 radical (unpaired) electrons. The highest BCUT2D eigenvalue weighted by atomic mass is 16.2. The minimum atomic E-state index is -0.845. The minimum absolute atomic E-state index is 0.136. The summed E-state index contributed by atoms with van der Waals surface area (Å²) in [5.74, 6) is -0.623. The van der Waals surface area contributed by atoms with E-state index in [9.17, 15) is 14.4 Å². The van der Waals surface area contributed by atoms with Gasteiger partial charge < -0.3 is 10.2 Å². The van der Waals surface area contributed by atoms with Gasteiger partial charge >= 0.3 is 6.03 Å². The number of nitrogens with one attached hydrogen (secondary N) is 2. The Bertz CT molecular complexity index is 463. The van der Waals surface area contributed by atoms with Gasteiger partial charge in [-0.3, -0.25) is 14.9 Å². The molecular formula is C13H18N4O3. The van der Waals surface area contributed by atoms with Crippen molar-refractivity contribution in [3.8, 4) is 6.07 Å². The SMILES string of the molecule is N#CCCNC(=O)CN1C(=O)NC(=O)C12CCCCC2. The van der Waals surface area contributed by atoms with Gasteiger partial charge in [0.25, 0.3) is 5.91 Å². The zero-order valence-corrected chi connectivity index (χ0v) is 11.3. The largest absolute Gasteiger partial charge is 0.354 e. The third kappa shape index (κ3) is 2.59. The fourth-order valence-electron chi connectivity index (χ4n) is 2.91. The number of carbonyl (C=O) groups excluding carboxylic acids is 3. The summed E-state index contributed by atoms with van der Waals surface area (Å²) in [5.41, 5.74) is -0.845. The first-order chi connectivity index (χ1) is 9.60. The first-order valence-electron chi connectivity index (χ1n) is 6.87. The molecule has 1 aliphatic heterocycles. The Morgan fingerprint density at radius 1 is 1.35 bits per heavy atom. The van der Waals surface area contributed by atoms with Gasteiger partial charge in [0.1, 0.15) is 12.1 Å². The van der Waals surface area contributed by atoms with Crippen molar-refractivity contribution in [2.75, 3.05) is 13.1 Å². The molecule has 4 amide bonds. The number of nitriles is 1. The summed E-state index contributed by atoms with van der Waals surface area (Å²) in [5, 5.41) is 13.3. The topological polar surface area (TPSA) is 102 Å². The number of amides is 4. The molecule has 0 aromatic heterocycles. The predicted molar refractivity (Wildman–Crippen MR) is 69.3 cm³/mol. The number of hydrogen-bond acceptors (Lipinski definition) is 4. The number of hydrogen-bond donors (Lipinski definition) is 2. The van der Waals surface area contributed by atoms with Crippen molar-refractivity contribution in [2.45, 2.75) is 44.1 Å². The molecule has 0 aromatic carbocycles. The monoisotopic (exact) mass is 278 g/mol. The highest BCUT2D eigenvalue weighted by Crippen LogP contribution is 2.36. The fourth-order valence-corrected chi connectivity index (χ4v) is 2.91. The molecule has 0 bridgehead atoms. The van der Waals surface area contributed by atoms with Crippen LogP contribution in [0.25, 0.3) is 0 Å². The predicted octanol–water partition coefficient (Wildman–Crippen LogP) is 0.271. The fraction of sp³-hybridized carbons (Fsp3) is 0.692. The first kappa shape index (κ1) is 14.3. The van der Waals surface area contributed by atoms with Gasteiger partial charge in [0.15, 0.2) is 0 Å². The average Bonchev–Trinajstić information content (AvgIpc) is 2.65. The van der Waals surface area contributed by atoms with Crippen LogP contribution in [0, 0.1) is 11.3 Å². The van der Waals surface area contributed by atoms with Gasteiger partial charge in [-0.1, -0.05) is 19.3 Å². The number of urea groups is 1. The van der Waals surface area contributed by atoms with Crippen molar-refractivity contribution in [1.29, 1.82) is 5.26 Å². The highest BCUT2D eigenvalue weighted by molar-refractivity contribution is 6.08. The van der Waals surface area contributed by atoms with Gasteiger partial charge in [0.2, 0.25) is 5.91 Å². The molecule has 20 heavy (non-hydrogen) atoms. The second-order valence-electron chi connectivity index (χ2n) is 5.20. The summed E-state index contributed by atoms with van der Waals surface area (Å²) in [7, 11) is 0. The average molecular weight is 278 g/mol. The van der Waals surface area contributed by atoms with Crippen LogP contribution in [0.5, 0.6) is 0 Å². The molecular weight excluding hydrogens is 260 g/mol. The first-order valence-corrected chi connectivity index (χ1v) is 6.87. The van der Waals surface area contributed by atoms with Crippen LogP contribution in [0.1, 0.15) is 38.5 Å². The third-order valence-corrected chi connectivity index (χ3v) is 3.95. The number of nitrogens with zero attached hydrogens (tertiary/aromatic N) is 2. The second kappa shape index (κ2) is 5.90. The lowest BCUT2D eigenvalue weighted by Crippen LogP contribution is -2.53. The maximum absolute atomic E-state index is 12.1. The molecule has 2 N–H and O–H groups in total. The Kier molecular flexibility index (Phi) is 4.23. The van der Waals surface area contributed by atoms with Crippen LogP contribution in [0.4, 0.5) is 4.79 Å². The molecule has 0 atom stereocenters. The lowest BCUT2D eigenvalue weighted by Gasteiger charge is -2.37. The molecule has 2 fully saturated rings. The van der Waals surface area contributed by atoms with Gasteiger partial charge in [-0.25, -0.2) is 4.79 Å². The van der Waals surface area contributed by atoms with Crippen LogP contribution in [0.3, 0.4) is 0 Å². The lowest BCUT2D eigenvalue weighted by atomic mass is 9.80. The number of rotatable bonds is 4. The Labute approximate surface area is 117 Å². The normalized spacial score (nSPS) is 20.6. The maximum atomic E-state index is 12.1. The molecule has 2 rings (SSSR count). The van der Waals surface area contributed by atoms with E-state index in [4.69, 9.17) is 5.26 Å². The highest BCUT2D eigenvalue weighted by Gasteiger charge is 2.53. The summed E-state index contributed by atoms with van der Waals surface area (Å²) in [6, 6.07) is 1.43. The van der Waals surface area contributed by atoms with Crippen LogP contribution in [0.15, 0.2) is 0 Å². The quantitative estimate of drug-likeness (QED) is 0.569.